The second kappa shape index (κ2) is 7.87. The molecule has 0 spiro atoms. The van der Waals surface area contributed by atoms with E-state index in [1.165, 1.54) is 6.07 Å². The number of aliphatic hydroxyl groups is 1. The molecule has 1 saturated heterocycles. The third-order valence-corrected chi connectivity index (χ3v) is 4.46. The highest BCUT2D eigenvalue weighted by molar-refractivity contribution is 5.21. The molecule has 1 fully saturated rings. The Labute approximate surface area is 127 Å². The van der Waals surface area contributed by atoms with Gasteiger partial charge in [-0.25, -0.2) is 4.39 Å². The zero-order chi connectivity index (χ0) is 15.2. The van der Waals surface area contributed by atoms with Crippen LogP contribution in [0.15, 0.2) is 24.3 Å². The number of rotatable bonds is 7. The van der Waals surface area contributed by atoms with Crippen LogP contribution in [0.2, 0.25) is 0 Å². The molecule has 0 radical (unpaired) electrons. The first-order chi connectivity index (χ1) is 10.1. The average Bonchev–Trinajstić information content (AvgIpc) is 2.93. The van der Waals surface area contributed by atoms with E-state index in [1.54, 1.807) is 6.07 Å². The number of nitrogens with one attached hydrogen (secondary N) is 1. The minimum atomic E-state index is -0.230. The van der Waals surface area contributed by atoms with Gasteiger partial charge < -0.3 is 15.3 Å². The summed E-state index contributed by atoms with van der Waals surface area (Å²) in [5.74, 6) is 0.253. The summed E-state index contributed by atoms with van der Waals surface area (Å²) < 4.78 is 13.9. The van der Waals surface area contributed by atoms with Gasteiger partial charge in [-0.15, -0.1) is 0 Å². The Morgan fingerprint density at radius 3 is 2.81 bits per heavy atom. The Morgan fingerprint density at radius 2 is 2.19 bits per heavy atom. The van der Waals surface area contributed by atoms with Crippen LogP contribution in [0.1, 0.15) is 38.3 Å². The van der Waals surface area contributed by atoms with Crippen molar-refractivity contribution < 1.29 is 9.50 Å². The third-order valence-electron chi connectivity index (χ3n) is 4.46. The fourth-order valence-electron chi connectivity index (χ4n) is 3.14. The van der Waals surface area contributed by atoms with Crippen molar-refractivity contribution >= 4 is 0 Å². The Bertz CT molecular complexity index is 439. The van der Waals surface area contributed by atoms with Crippen molar-refractivity contribution in [3.63, 3.8) is 0 Å². The summed E-state index contributed by atoms with van der Waals surface area (Å²) in [6.45, 7) is 7.67. The summed E-state index contributed by atoms with van der Waals surface area (Å²) >= 11 is 0. The molecule has 1 aliphatic heterocycles. The molecule has 4 heteroatoms. The fraction of sp³-hybridized carbons (Fsp3) is 0.647. The lowest BCUT2D eigenvalue weighted by atomic mass is 10.0. The highest BCUT2D eigenvalue weighted by atomic mass is 19.1. The van der Waals surface area contributed by atoms with Gasteiger partial charge in [-0.3, -0.25) is 0 Å². The van der Waals surface area contributed by atoms with Crippen LogP contribution in [-0.4, -0.2) is 42.3 Å². The van der Waals surface area contributed by atoms with Gasteiger partial charge in [-0.1, -0.05) is 25.1 Å². The topological polar surface area (TPSA) is 35.5 Å². The molecule has 1 aliphatic rings. The zero-order valence-corrected chi connectivity index (χ0v) is 13.1. The number of halogens is 1. The number of nitrogens with zero attached hydrogens (tertiary/aromatic N) is 1. The quantitative estimate of drug-likeness (QED) is 0.811. The van der Waals surface area contributed by atoms with Gasteiger partial charge in [0.2, 0.25) is 0 Å². The lowest BCUT2D eigenvalue weighted by Gasteiger charge is -2.23. The smallest absolute Gasteiger partial charge is 0.127 e. The number of hydrogen-bond acceptors (Lipinski definition) is 3. The Kier molecular flexibility index (Phi) is 6.15. The predicted molar refractivity (Wildman–Crippen MR) is 83.7 cm³/mol. The lowest BCUT2D eigenvalue weighted by Crippen LogP contribution is -2.30. The summed E-state index contributed by atoms with van der Waals surface area (Å²) in [5.41, 5.74) is 0.755. The van der Waals surface area contributed by atoms with E-state index in [-0.39, 0.29) is 18.0 Å². The Morgan fingerprint density at radius 1 is 1.43 bits per heavy atom. The number of benzene rings is 1. The maximum absolute atomic E-state index is 13.9. The van der Waals surface area contributed by atoms with E-state index in [0.717, 1.165) is 44.6 Å². The van der Waals surface area contributed by atoms with Crippen LogP contribution >= 0.6 is 0 Å². The van der Waals surface area contributed by atoms with Crippen molar-refractivity contribution in [2.45, 2.75) is 38.8 Å². The van der Waals surface area contributed by atoms with Crippen LogP contribution < -0.4 is 5.32 Å². The molecule has 3 unspecified atom stereocenters. The maximum atomic E-state index is 13.9. The first-order valence-electron chi connectivity index (χ1n) is 8.00. The minimum absolute atomic E-state index is 0.0572. The monoisotopic (exact) mass is 294 g/mol. The van der Waals surface area contributed by atoms with Crippen LogP contribution in [0.25, 0.3) is 0 Å². The first-order valence-corrected chi connectivity index (χ1v) is 8.00. The summed E-state index contributed by atoms with van der Waals surface area (Å²) in [4.78, 5) is 2.38. The second-order valence-electron chi connectivity index (χ2n) is 6.01. The van der Waals surface area contributed by atoms with Gasteiger partial charge in [-0.05, 0) is 51.4 Å². The lowest BCUT2D eigenvalue weighted by molar-refractivity contribution is 0.127. The van der Waals surface area contributed by atoms with E-state index in [0.29, 0.717) is 5.92 Å². The molecule has 1 aromatic rings. The molecule has 0 amide bonds. The van der Waals surface area contributed by atoms with Gasteiger partial charge in [0.05, 0.1) is 6.10 Å². The standard InChI is InChI=1S/C17H27FN2O/c1-3-19-17(15-6-4-5-7-16(15)18)9-11-20-10-8-14(12-20)13(2)21/h4-7,13-14,17,19,21H,3,8-12H2,1-2H3. The number of aliphatic hydroxyl groups excluding tert-OH is 1. The molecule has 0 aromatic heterocycles. The van der Waals surface area contributed by atoms with E-state index in [1.807, 2.05) is 26.0 Å². The minimum Gasteiger partial charge on any atom is -0.393 e. The Balaban J connectivity index is 1.91. The molecule has 2 N–H and O–H groups in total. The van der Waals surface area contributed by atoms with Gasteiger partial charge in [0.15, 0.2) is 0 Å². The van der Waals surface area contributed by atoms with Gasteiger partial charge in [0.25, 0.3) is 0 Å². The number of hydrogen-bond donors (Lipinski definition) is 2. The molecule has 3 nitrogen and oxygen atoms in total. The Hall–Kier alpha value is -0.970. The molecule has 0 aliphatic carbocycles. The van der Waals surface area contributed by atoms with E-state index < -0.39 is 0 Å². The van der Waals surface area contributed by atoms with Crippen molar-refractivity contribution in [3.05, 3.63) is 35.6 Å². The molecule has 1 aromatic carbocycles. The highest BCUT2D eigenvalue weighted by Crippen LogP contribution is 2.24. The van der Waals surface area contributed by atoms with E-state index in [9.17, 15) is 9.50 Å². The van der Waals surface area contributed by atoms with Crippen LogP contribution in [0.4, 0.5) is 4.39 Å². The van der Waals surface area contributed by atoms with E-state index in [2.05, 4.69) is 10.2 Å². The summed E-state index contributed by atoms with van der Waals surface area (Å²) in [6.07, 6.45) is 1.72. The largest absolute Gasteiger partial charge is 0.393 e. The van der Waals surface area contributed by atoms with Crippen LogP contribution in [0.3, 0.4) is 0 Å². The SMILES string of the molecule is CCNC(CCN1CCC(C(C)O)C1)c1ccccc1F. The maximum Gasteiger partial charge on any atom is 0.127 e. The van der Waals surface area contributed by atoms with Crippen LogP contribution in [-0.2, 0) is 0 Å². The van der Waals surface area contributed by atoms with Crippen LogP contribution in [0.5, 0.6) is 0 Å². The molecular weight excluding hydrogens is 267 g/mol. The summed E-state index contributed by atoms with van der Waals surface area (Å²) in [7, 11) is 0. The predicted octanol–water partition coefficient (Wildman–Crippen LogP) is 2.57. The second-order valence-corrected chi connectivity index (χ2v) is 6.01. The molecular formula is C17H27FN2O. The molecule has 0 saturated carbocycles. The molecule has 21 heavy (non-hydrogen) atoms. The van der Waals surface area contributed by atoms with E-state index in [4.69, 9.17) is 0 Å². The fourth-order valence-corrected chi connectivity index (χ4v) is 3.14. The van der Waals surface area contributed by atoms with Crippen molar-refractivity contribution in [2.75, 3.05) is 26.2 Å². The van der Waals surface area contributed by atoms with Crippen LogP contribution in [0, 0.1) is 11.7 Å². The molecule has 118 valence electrons. The van der Waals surface area contributed by atoms with Crippen molar-refractivity contribution in [1.82, 2.24) is 10.2 Å². The summed E-state index contributed by atoms with van der Waals surface area (Å²) in [6, 6.07) is 7.07. The van der Waals surface area contributed by atoms with Crippen molar-refractivity contribution in [2.24, 2.45) is 5.92 Å². The van der Waals surface area contributed by atoms with Gasteiger partial charge in [0.1, 0.15) is 5.82 Å². The first kappa shape index (κ1) is 16.4. The zero-order valence-electron chi connectivity index (χ0n) is 13.1. The average molecular weight is 294 g/mol. The molecule has 2 rings (SSSR count). The third kappa shape index (κ3) is 4.50. The van der Waals surface area contributed by atoms with E-state index >= 15 is 0 Å². The van der Waals surface area contributed by atoms with Gasteiger partial charge >= 0.3 is 0 Å². The molecule has 1 heterocycles. The molecule has 3 atom stereocenters. The van der Waals surface area contributed by atoms with Crippen molar-refractivity contribution in [1.29, 1.82) is 0 Å². The van der Waals surface area contributed by atoms with Crippen molar-refractivity contribution in [3.8, 4) is 0 Å². The van der Waals surface area contributed by atoms with Gasteiger partial charge in [0, 0.05) is 18.2 Å². The summed E-state index contributed by atoms with van der Waals surface area (Å²) in [5, 5.41) is 13.0. The molecule has 0 bridgehead atoms. The van der Waals surface area contributed by atoms with Gasteiger partial charge in [-0.2, -0.15) is 0 Å². The normalized spacial score (nSPS) is 22.4. The highest BCUT2D eigenvalue weighted by Gasteiger charge is 2.26. The number of likely N-dealkylation sites (tertiary alicyclic amines) is 1.